The van der Waals surface area contributed by atoms with Crippen LogP contribution in [0.3, 0.4) is 0 Å². The Morgan fingerprint density at radius 1 is 1.16 bits per heavy atom. The molecule has 1 aromatic carbocycles. The Hall–Kier alpha value is -4.88. The molecule has 0 spiro atoms. The van der Waals surface area contributed by atoms with Crippen molar-refractivity contribution in [3.8, 4) is 17.5 Å². The molecular formula is C43H55F4N5O10S. The molecule has 1 saturated heterocycles. The number of sulfonamides is 1. The van der Waals surface area contributed by atoms with Gasteiger partial charge in [-0.05, 0) is 101 Å². The molecule has 0 radical (unpaired) electrons. The van der Waals surface area contributed by atoms with Gasteiger partial charge in [0, 0.05) is 23.3 Å². The van der Waals surface area contributed by atoms with Crippen LogP contribution in [-0.2, 0) is 30.8 Å². The first-order valence-corrected chi connectivity index (χ1v) is 22.9. The standard InChI is InChI=1S/C43H55F4N5O10S/c1-7-24-17-23(2)11-8-9-12-25-21-42(25,38(55)50-63(58,59)41(5)14-15-41)49-34(53)31-18-26(22-51(31)37(54)33(24)52(39(56)57)40(3,4)43(45,46)47)62-36-29-19-30(44)32(60-6)20-28(29)27-13-10-16-61-35(27)48-36/h9,12,19-20,23-26,31,33H,7-8,10-11,13-18,21-22H2,1-6H3,(H,49,53)(H,50,55)(H,56,57)/t23-,24-,25-,26-,31+,33+,42-/m1/s1. The Balaban J connectivity index is 1.33. The highest BCUT2D eigenvalue weighted by atomic mass is 32.2. The van der Waals surface area contributed by atoms with Crippen LogP contribution >= 0.6 is 0 Å². The fourth-order valence-corrected chi connectivity index (χ4v) is 10.6. The average Bonchev–Trinajstić information content (AvgIpc) is 4.09. The summed E-state index contributed by atoms with van der Waals surface area (Å²) in [6, 6.07) is -0.867. The molecule has 3 fully saturated rings. The van der Waals surface area contributed by atoms with Crippen molar-refractivity contribution >= 4 is 44.6 Å². The molecule has 2 saturated carbocycles. The van der Waals surface area contributed by atoms with Crippen molar-refractivity contribution in [2.24, 2.45) is 17.8 Å². The molecule has 4 amide bonds. The first kappa shape index (κ1) is 46.1. The number of benzene rings is 1. The minimum absolute atomic E-state index is 0.0105. The SMILES string of the molecule is CC[C@@H]1C[C@H](C)CCC=C[C@@H]2C[C@@]2(C(=O)NS(=O)(=O)C2(C)CC2)NC(=O)[C@@H]2C[C@@H](Oc3nc4c(c5cc(OC)c(F)cc35)CCCO4)CN2C(=O)[C@H]1N(C(=O)O)C(C)(C)C(F)(F)F. The lowest BCUT2D eigenvalue weighted by atomic mass is 9.82. The summed E-state index contributed by atoms with van der Waals surface area (Å²) in [5.74, 6) is -5.54. The van der Waals surface area contributed by atoms with E-state index in [1.54, 1.807) is 19.1 Å². The number of hydrogen-bond donors (Lipinski definition) is 3. The molecule has 5 aliphatic rings. The van der Waals surface area contributed by atoms with Gasteiger partial charge in [-0.2, -0.15) is 18.2 Å². The van der Waals surface area contributed by atoms with E-state index in [9.17, 15) is 41.1 Å². The summed E-state index contributed by atoms with van der Waals surface area (Å²) in [6.45, 7) is 6.23. The predicted octanol–water partition coefficient (Wildman–Crippen LogP) is 6.02. The normalized spacial score (nSPS) is 28.6. The van der Waals surface area contributed by atoms with E-state index in [1.165, 1.54) is 26.2 Å². The molecule has 0 bridgehead atoms. The van der Waals surface area contributed by atoms with Crippen molar-refractivity contribution in [2.45, 2.75) is 139 Å². The zero-order chi connectivity index (χ0) is 46.0. The fourth-order valence-electron chi connectivity index (χ4n) is 9.27. The van der Waals surface area contributed by atoms with Crippen molar-refractivity contribution in [3.63, 3.8) is 0 Å². The quantitative estimate of drug-likeness (QED) is 0.197. The number of fused-ring (bicyclic) bond motifs is 5. The van der Waals surface area contributed by atoms with Crippen LogP contribution in [0.2, 0.25) is 0 Å². The van der Waals surface area contributed by atoms with Crippen molar-refractivity contribution in [1.82, 2.24) is 24.8 Å². The first-order valence-electron chi connectivity index (χ1n) is 21.4. The summed E-state index contributed by atoms with van der Waals surface area (Å²) in [5.41, 5.74) is -4.18. The molecule has 20 heteroatoms. The van der Waals surface area contributed by atoms with Crippen LogP contribution in [0.1, 0.15) is 98.0 Å². The van der Waals surface area contributed by atoms with E-state index in [2.05, 4.69) is 15.0 Å². The Kier molecular flexibility index (Phi) is 12.1. The van der Waals surface area contributed by atoms with Gasteiger partial charge >= 0.3 is 12.3 Å². The van der Waals surface area contributed by atoms with Crippen LogP contribution in [0.25, 0.3) is 10.8 Å². The summed E-state index contributed by atoms with van der Waals surface area (Å²) in [5, 5.41) is 14.1. The van der Waals surface area contributed by atoms with E-state index in [1.807, 2.05) is 6.92 Å². The van der Waals surface area contributed by atoms with Gasteiger partial charge in [0.05, 0.1) is 25.0 Å². The van der Waals surface area contributed by atoms with Gasteiger partial charge in [-0.25, -0.2) is 17.6 Å². The maximum Gasteiger partial charge on any atom is 0.411 e. The molecule has 15 nitrogen and oxygen atoms in total. The highest BCUT2D eigenvalue weighted by Crippen LogP contribution is 2.48. The Morgan fingerprint density at radius 2 is 1.87 bits per heavy atom. The van der Waals surface area contributed by atoms with E-state index in [0.29, 0.717) is 69.9 Å². The van der Waals surface area contributed by atoms with Crippen LogP contribution in [-0.4, -0.2) is 113 Å². The largest absolute Gasteiger partial charge is 0.494 e. The van der Waals surface area contributed by atoms with Crippen LogP contribution < -0.4 is 24.2 Å². The summed E-state index contributed by atoms with van der Waals surface area (Å²) in [6.07, 6.45) is -2.07. The minimum Gasteiger partial charge on any atom is -0.494 e. The number of methoxy groups -OCH3 is 1. The topological polar surface area (TPSA) is 194 Å². The number of aromatic nitrogens is 1. The summed E-state index contributed by atoms with van der Waals surface area (Å²) in [7, 11) is -2.85. The van der Waals surface area contributed by atoms with Gasteiger partial charge in [0.15, 0.2) is 11.6 Å². The smallest absolute Gasteiger partial charge is 0.411 e. The number of amides is 4. The zero-order valence-corrected chi connectivity index (χ0v) is 37.0. The molecule has 2 aliphatic carbocycles. The second-order valence-electron chi connectivity index (χ2n) is 18.5. The Bertz CT molecular complexity index is 2320. The van der Waals surface area contributed by atoms with Gasteiger partial charge < -0.3 is 29.5 Å². The molecule has 63 heavy (non-hydrogen) atoms. The number of carbonyl (C=O) groups is 4. The number of halogens is 4. The number of alkyl halides is 3. The zero-order valence-electron chi connectivity index (χ0n) is 36.1. The number of carboxylic acid groups (broad SMARTS) is 1. The van der Waals surface area contributed by atoms with Crippen LogP contribution in [0, 0.1) is 23.6 Å². The van der Waals surface area contributed by atoms with Crippen molar-refractivity contribution < 1.29 is 64.5 Å². The molecular weight excluding hydrogens is 855 g/mol. The van der Waals surface area contributed by atoms with Crippen LogP contribution in [0.5, 0.6) is 17.5 Å². The number of rotatable bonds is 9. The molecule has 7 atom stereocenters. The minimum atomic E-state index is -5.14. The third-order valence-electron chi connectivity index (χ3n) is 13.7. The number of nitrogens with zero attached hydrogens (tertiary/aromatic N) is 3. The molecule has 346 valence electrons. The van der Waals surface area contributed by atoms with Gasteiger partial charge in [0.25, 0.3) is 5.91 Å². The monoisotopic (exact) mass is 909 g/mol. The number of hydrogen-bond acceptors (Lipinski definition) is 10. The van der Waals surface area contributed by atoms with E-state index in [0.717, 1.165) is 4.90 Å². The van der Waals surface area contributed by atoms with Crippen molar-refractivity contribution in [1.29, 1.82) is 0 Å². The lowest BCUT2D eigenvalue weighted by Gasteiger charge is -2.46. The van der Waals surface area contributed by atoms with Gasteiger partial charge in [0.1, 0.15) is 29.3 Å². The number of allylic oxidation sites excluding steroid dienone is 1. The second kappa shape index (κ2) is 16.6. The maximum atomic E-state index is 15.3. The average molecular weight is 910 g/mol. The number of pyridine rings is 1. The third kappa shape index (κ3) is 8.47. The van der Waals surface area contributed by atoms with E-state index < -0.39 is 98.2 Å². The van der Waals surface area contributed by atoms with Crippen LogP contribution in [0.4, 0.5) is 22.4 Å². The highest BCUT2D eigenvalue weighted by Gasteiger charge is 2.64. The first-order chi connectivity index (χ1) is 29.5. The van der Waals surface area contributed by atoms with Gasteiger partial charge in [-0.1, -0.05) is 32.4 Å². The van der Waals surface area contributed by atoms with Crippen LogP contribution in [0.15, 0.2) is 24.3 Å². The molecule has 3 aliphatic heterocycles. The summed E-state index contributed by atoms with van der Waals surface area (Å²) in [4.78, 5) is 62.9. The molecule has 1 aromatic heterocycles. The number of aryl methyl sites for hydroxylation is 1. The van der Waals surface area contributed by atoms with E-state index in [4.69, 9.17) is 14.2 Å². The molecule has 0 unspecified atom stereocenters. The predicted molar refractivity (Wildman–Crippen MR) is 220 cm³/mol. The molecule has 7 rings (SSSR count). The molecule has 3 N–H and O–H groups in total. The van der Waals surface area contributed by atoms with Crippen molar-refractivity contribution in [3.05, 3.63) is 35.7 Å². The van der Waals surface area contributed by atoms with E-state index in [-0.39, 0.29) is 59.4 Å². The number of ether oxygens (including phenoxy) is 3. The number of nitrogens with one attached hydrogen (secondary N) is 2. The Labute approximate surface area is 363 Å². The fraction of sp³-hybridized carbons (Fsp3) is 0.651. The molecule has 4 heterocycles. The lowest BCUT2D eigenvalue weighted by molar-refractivity contribution is -0.222. The lowest BCUT2D eigenvalue weighted by Crippen LogP contribution is -2.66. The van der Waals surface area contributed by atoms with Gasteiger partial charge in [-0.15, -0.1) is 0 Å². The highest BCUT2D eigenvalue weighted by molar-refractivity contribution is 7.91. The van der Waals surface area contributed by atoms with E-state index >= 15 is 9.18 Å². The Morgan fingerprint density at radius 3 is 2.51 bits per heavy atom. The second-order valence-corrected chi connectivity index (χ2v) is 20.7. The van der Waals surface area contributed by atoms with Gasteiger partial charge in [0.2, 0.25) is 33.6 Å². The summed E-state index contributed by atoms with van der Waals surface area (Å²) >= 11 is 0. The number of carbonyl (C=O) groups excluding carboxylic acids is 3. The summed E-state index contributed by atoms with van der Waals surface area (Å²) < 4.78 is 105. The van der Waals surface area contributed by atoms with Gasteiger partial charge in [-0.3, -0.25) is 24.0 Å². The maximum absolute atomic E-state index is 15.3. The van der Waals surface area contributed by atoms with Crippen molar-refractivity contribution in [2.75, 3.05) is 20.3 Å². The third-order valence-corrected chi connectivity index (χ3v) is 15.9. The molecule has 2 aromatic rings.